The van der Waals surface area contributed by atoms with E-state index in [2.05, 4.69) is 15.3 Å². The SMILES string of the molecule is Cn1c(CCCO)nc2c(N)nc(NCc3ccc(F)cc3F)cc21. The summed E-state index contributed by atoms with van der Waals surface area (Å²) < 4.78 is 28.6. The number of hydrogen-bond acceptors (Lipinski definition) is 5. The number of anilines is 2. The van der Waals surface area contributed by atoms with Crippen molar-refractivity contribution in [2.24, 2.45) is 7.05 Å². The Kier molecular flexibility index (Phi) is 4.80. The summed E-state index contributed by atoms with van der Waals surface area (Å²) in [6, 6.07) is 5.22. The van der Waals surface area contributed by atoms with Gasteiger partial charge in [0.05, 0.1) is 5.52 Å². The Morgan fingerprint density at radius 1 is 1.24 bits per heavy atom. The first-order valence-corrected chi connectivity index (χ1v) is 7.90. The third kappa shape index (κ3) is 3.53. The van der Waals surface area contributed by atoms with Gasteiger partial charge >= 0.3 is 0 Å². The summed E-state index contributed by atoms with van der Waals surface area (Å²) in [5, 5.41) is 12.0. The quantitative estimate of drug-likeness (QED) is 0.637. The van der Waals surface area contributed by atoms with E-state index in [4.69, 9.17) is 10.8 Å². The maximum absolute atomic E-state index is 13.7. The molecule has 0 amide bonds. The Hall–Kier alpha value is -2.74. The molecule has 0 fully saturated rings. The smallest absolute Gasteiger partial charge is 0.154 e. The fraction of sp³-hybridized carbons (Fsp3) is 0.294. The predicted octanol–water partition coefficient (Wildman–Crippen LogP) is 2.37. The number of aliphatic hydroxyl groups is 1. The van der Waals surface area contributed by atoms with Crippen LogP contribution in [0.25, 0.3) is 11.0 Å². The van der Waals surface area contributed by atoms with Gasteiger partial charge in [0, 0.05) is 44.3 Å². The van der Waals surface area contributed by atoms with Gasteiger partial charge in [-0.1, -0.05) is 6.07 Å². The molecule has 0 aliphatic carbocycles. The average Bonchev–Trinajstić information content (AvgIpc) is 2.89. The van der Waals surface area contributed by atoms with Gasteiger partial charge in [0.2, 0.25) is 0 Å². The molecule has 2 aromatic heterocycles. The van der Waals surface area contributed by atoms with E-state index < -0.39 is 11.6 Å². The predicted molar refractivity (Wildman–Crippen MR) is 92.0 cm³/mol. The van der Waals surface area contributed by atoms with Gasteiger partial charge in [0.15, 0.2) is 5.82 Å². The van der Waals surface area contributed by atoms with Gasteiger partial charge in [0.25, 0.3) is 0 Å². The fourth-order valence-electron chi connectivity index (χ4n) is 2.66. The number of nitrogens with zero attached hydrogens (tertiary/aromatic N) is 3. The molecule has 132 valence electrons. The van der Waals surface area contributed by atoms with Gasteiger partial charge < -0.3 is 20.7 Å². The second-order valence-corrected chi connectivity index (χ2v) is 5.76. The normalized spacial score (nSPS) is 11.2. The standard InChI is InChI=1S/C17H19F2N5O/c1-24-13-8-14(21-9-10-4-5-11(18)7-12(10)19)22-17(20)16(13)23-15(24)3-2-6-25/h4-5,7-8,25H,2-3,6,9H2,1H3,(H3,20,21,22). The molecule has 8 heteroatoms. The number of benzene rings is 1. The van der Waals surface area contributed by atoms with E-state index in [1.54, 1.807) is 6.07 Å². The number of aryl methyl sites for hydroxylation is 2. The van der Waals surface area contributed by atoms with Crippen molar-refractivity contribution in [1.82, 2.24) is 14.5 Å². The number of imidazole rings is 1. The summed E-state index contributed by atoms with van der Waals surface area (Å²) in [4.78, 5) is 8.71. The average molecular weight is 347 g/mol. The number of pyridine rings is 1. The maximum atomic E-state index is 13.7. The van der Waals surface area contributed by atoms with Crippen LogP contribution in [0, 0.1) is 11.6 Å². The van der Waals surface area contributed by atoms with Crippen molar-refractivity contribution < 1.29 is 13.9 Å². The highest BCUT2D eigenvalue weighted by molar-refractivity contribution is 5.87. The summed E-state index contributed by atoms with van der Waals surface area (Å²) >= 11 is 0. The molecule has 0 spiro atoms. The lowest BCUT2D eigenvalue weighted by molar-refractivity contribution is 0.287. The summed E-state index contributed by atoms with van der Waals surface area (Å²) in [6.07, 6.45) is 1.24. The number of nitrogens with two attached hydrogens (primary N) is 1. The molecule has 0 saturated carbocycles. The first kappa shape index (κ1) is 17.1. The first-order valence-electron chi connectivity index (χ1n) is 7.90. The Labute approximate surface area is 143 Å². The van der Waals surface area contributed by atoms with Crippen molar-refractivity contribution in [1.29, 1.82) is 0 Å². The number of halogens is 2. The molecule has 0 atom stereocenters. The van der Waals surface area contributed by atoms with Crippen LogP contribution in [-0.4, -0.2) is 26.2 Å². The lowest BCUT2D eigenvalue weighted by atomic mass is 10.2. The second kappa shape index (κ2) is 7.02. The molecular formula is C17H19F2N5O. The molecule has 0 aliphatic rings. The highest BCUT2D eigenvalue weighted by Crippen LogP contribution is 2.24. The minimum atomic E-state index is -0.617. The molecule has 4 N–H and O–H groups in total. The third-order valence-corrected chi connectivity index (χ3v) is 4.02. The zero-order valence-corrected chi connectivity index (χ0v) is 13.8. The maximum Gasteiger partial charge on any atom is 0.154 e. The van der Waals surface area contributed by atoms with E-state index in [0.29, 0.717) is 29.7 Å². The molecule has 0 aliphatic heterocycles. The fourth-order valence-corrected chi connectivity index (χ4v) is 2.66. The van der Waals surface area contributed by atoms with E-state index in [1.165, 1.54) is 12.1 Å². The van der Waals surface area contributed by atoms with Crippen LogP contribution < -0.4 is 11.1 Å². The molecule has 6 nitrogen and oxygen atoms in total. The molecule has 0 saturated heterocycles. The van der Waals surface area contributed by atoms with Crippen molar-refractivity contribution in [2.45, 2.75) is 19.4 Å². The van der Waals surface area contributed by atoms with Crippen LogP contribution in [0.1, 0.15) is 17.8 Å². The third-order valence-electron chi connectivity index (χ3n) is 4.02. The Balaban J connectivity index is 1.85. The molecule has 25 heavy (non-hydrogen) atoms. The molecular weight excluding hydrogens is 328 g/mol. The number of hydrogen-bond donors (Lipinski definition) is 3. The molecule has 2 heterocycles. The lowest BCUT2D eigenvalue weighted by Gasteiger charge is -2.08. The molecule has 0 unspecified atom stereocenters. The lowest BCUT2D eigenvalue weighted by Crippen LogP contribution is -2.05. The first-order chi connectivity index (χ1) is 12.0. The van der Waals surface area contributed by atoms with Crippen LogP contribution in [-0.2, 0) is 20.0 Å². The van der Waals surface area contributed by atoms with Crippen LogP contribution in [0.4, 0.5) is 20.4 Å². The monoisotopic (exact) mass is 347 g/mol. The van der Waals surface area contributed by atoms with Crippen molar-refractivity contribution >= 4 is 22.7 Å². The number of fused-ring (bicyclic) bond motifs is 1. The van der Waals surface area contributed by atoms with E-state index in [-0.39, 0.29) is 19.0 Å². The number of aliphatic hydroxyl groups excluding tert-OH is 1. The highest BCUT2D eigenvalue weighted by atomic mass is 19.1. The minimum Gasteiger partial charge on any atom is -0.396 e. The minimum absolute atomic E-state index is 0.0903. The second-order valence-electron chi connectivity index (χ2n) is 5.76. The number of nitrogens with one attached hydrogen (secondary N) is 1. The zero-order valence-electron chi connectivity index (χ0n) is 13.8. The van der Waals surface area contributed by atoms with E-state index in [9.17, 15) is 8.78 Å². The zero-order chi connectivity index (χ0) is 18.0. The van der Waals surface area contributed by atoms with Crippen molar-refractivity contribution in [3.05, 3.63) is 47.3 Å². The van der Waals surface area contributed by atoms with Gasteiger partial charge in [-0.3, -0.25) is 0 Å². The summed E-state index contributed by atoms with van der Waals surface area (Å²) in [5.41, 5.74) is 7.70. The van der Waals surface area contributed by atoms with Gasteiger partial charge in [0.1, 0.15) is 28.8 Å². The van der Waals surface area contributed by atoms with Gasteiger partial charge in [-0.2, -0.15) is 0 Å². The van der Waals surface area contributed by atoms with E-state index in [1.807, 2.05) is 11.6 Å². The van der Waals surface area contributed by atoms with Crippen molar-refractivity contribution in [3.8, 4) is 0 Å². The van der Waals surface area contributed by atoms with Crippen LogP contribution >= 0.6 is 0 Å². The molecule has 0 radical (unpaired) electrons. The molecule has 1 aromatic carbocycles. The Morgan fingerprint density at radius 2 is 2.04 bits per heavy atom. The molecule has 3 rings (SSSR count). The largest absolute Gasteiger partial charge is 0.396 e. The summed E-state index contributed by atoms with van der Waals surface area (Å²) in [7, 11) is 1.87. The van der Waals surface area contributed by atoms with E-state index in [0.717, 1.165) is 17.4 Å². The Bertz CT molecular complexity index is 910. The van der Waals surface area contributed by atoms with E-state index >= 15 is 0 Å². The number of nitrogen functional groups attached to an aromatic ring is 1. The van der Waals surface area contributed by atoms with Crippen LogP contribution in [0.5, 0.6) is 0 Å². The van der Waals surface area contributed by atoms with Crippen molar-refractivity contribution in [2.75, 3.05) is 17.7 Å². The van der Waals surface area contributed by atoms with Crippen LogP contribution in [0.2, 0.25) is 0 Å². The van der Waals surface area contributed by atoms with Crippen LogP contribution in [0.15, 0.2) is 24.3 Å². The van der Waals surface area contributed by atoms with Gasteiger partial charge in [-0.15, -0.1) is 0 Å². The van der Waals surface area contributed by atoms with Crippen LogP contribution in [0.3, 0.4) is 0 Å². The number of rotatable bonds is 6. The van der Waals surface area contributed by atoms with Crippen molar-refractivity contribution in [3.63, 3.8) is 0 Å². The summed E-state index contributed by atoms with van der Waals surface area (Å²) in [5.74, 6) is 0.318. The topological polar surface area (TPSA) is 89.0 Å². The number of aromatic nitrogens is 3. The van der Waals surface area contributed by atoms with Gasteiger partial charge in [-0.25, -0.2) is 18.7 Å². The molecule has 3 aromatic rings. The summed E-state index contributed by atoms with van der Waals surface area (Å²) in [6.45, 7) is 0.242. The Morgan fingerprint density at radius 3 is 2.76 bits per heavy atom. The molecule has 0 bridgehead atoms. The highest BCUT2D eigenvalue weighted by Gasteiger charge is 2.13. The van der Waals surface area contributed by atoms with Gasteiger partial charge in [-0.05, 0) is 12.5 Å².